The van der Waals surface area contributed by atoms with Crippen molar-refractivity contribution in [2.75, 3.05) is 13.3 Å². The molecule has 9 heavy (non-hydrogen) atoms. The Morgan fingerprint density at radius 1 is 1.78 bits per heavy atom. The Bertz CT molecular complexity index is 143. The number of allylic oxidation sites excluding steroid dienone is 1. The normalized spacial score (nSPS) is 16.8. The zero-order chi connectivity index (χ0) is 7.49. The van der Waals surface area contributed by atoms with E-state index in [0.29, 0.717) is 11.5 Å². The van der Waals surface area contributed by atoms with Crippen LogP contribution in [0.4, 0.5) is 0 Å². The van der Waals surface area contributed by atoms with Crippen molar-refractivity contribution in [3.8, 4) is 0 Å². The first-order valence-corrected chi connectivity index (χ1v) is 4.68. The van der Waals surface area contributed by atoms with Gasteiger partial charge in [-0.05, 0) is 6.92 Å². The molecular weight excluding hydrogens is 135 g/mol. The Hall–Kier alpha value is -0.0700. The molecule has 0 aromatic carbocycles. The fourth-order valence-corrected chi connectivity index (χ4v) is 1.66. The van der Waals surface area contributed by atoms with Crippen LogP contribution < -0.4 is 0 Å². The zero-order valence-electron chi connectivity index (χ0n) is 6.18. The highest BCUT2D eigenvalue weighted by Gasteiger charge is 2.18. The molecule has 3 heteroatoms. The first-order chi connectivity index (χ1) is 4.06. The van der Waals surface area contributed by atoms with Gasteiger partial charge in [-0.25, -0.2) is 0 Å². The lowest BCUT2D eigenvalue weighted by Gasteiger charge is -2.12. The molecule has 0 rings (SSSR count). The van der Waals surface area contributed by atoms with Gasteiger partial charge in [0.05, 0.1) is 0 Å². The fourth-order valence-electron chi connectivity index (χ4n) is 0.555. The van der Waals surface area contributed by atoms with Crippen molar-refractivity contribution in [2.24, 2.45) is 0 Å². The van der Waals surface area contributed by atoms with Gasteiger partial charge in [0.15, 0.2) is 0 Å². The molecule has 0 aromatic heterocycles. The maximum atomic E-state index is 11.3. The smallest absolute Gasteiger partial charge is 0.226 e. The molecule has 0 N–H and O–H groups in total. The fraction of sp³-hybridized carbons (Fsp3) is 0.667. The average molecular weight is 148 g/mol. The lowest BCUT2D eigenvalue weighted by molar-refractivity contribution is 0.400. The van der Waals surface area contributed by atoms with Crippen LogP contribution in [-0.4, -0.2) is 13.3 Å². The lowest BCUT2D eigenvalue weighted by Crippen LogP contribution is -1.87. The van der Waals surface area contributed by atoms with Gasteiger partial charge in [0.1, 0.15) is 0 Å². The molecule has 1 unspecified atom stereocenters. The van der Waals surface area contributed by atoms with Crippen LogP contribution >= 0.6 is 7.37 Å². The maximum Gasteiger partial charge on any atom is 0.226 e. The highest BCUT2D eigenvalue weighted by Crippen LogP contribution is 2.52. The summed E-state index contributed by atoms with van der Waals surface area (Å²) in [6.45, 7) is 7.14. The van der Waals surface area contributed by atoms with Gasteiger partial charge in [-0.3, -0.25) is 4.57 Å². The Balaban J connectivity index is 4.30. The van der Waals surface area contributed by atoms with E-state index in [0.717, 1.165) is 0 Å². The summed E-state index contributed by atoms with van der Waals surface area (Å²) in [4.78, 5) is 0. The Kier molecular flexibility index (Phi) is 3.16. The molecule has 0 saturated carbocycles. The lowest BCUT2D eigenvalue weighted by atomic mass is 10.8. The second-order valence-corrected chi connectivity index (χ2v) is 5.02. The summed E-state index contributed by atoms with van der Waals surface area (Å²) < 4.78 is 16.1. The molecule has 0 amide bonds. The van der Waals surface area contributed by atoms with Gasteiger partial charge >= 0.3 is 0 Å². The molecule has 0 aliphatic carbocycles. The zero-order valence-corrected chi connectivity index (χ0v) is 7.07. The number of rotatable bonds is 3. The summed E-state index contributed by atoms with van der Waals surface area (Å²) in [5, 5.41) is 0.646. The van der Waals surface area contributed by atoms with Crippen LogP contribution in [0.2, 0.25) is 0 Å². The van der Waals surface area contributed by atoms with Crippen molar-refractivity contribution in [3.05, 3.63) is 11.9 Å². The largest absolute Gasteiger partial charge is 0.329 e. The monoisotopic (exact) mass is 148 g/mol. The molecule has 0 aliphatic heterocycles. The molecular formula is C6H13O2P. The van der Waals surface area contributed by atoms with Crippen LogP contribution in [0, 0.1) is 0 Å². The van der Waals surface area contributed by atoms with Crippen molar-refractivity contribution in [3.63, 3.8) is 0 Å². The van der Waals surface area contributed by atoms with E-state index in [2.05, 4.69) is 6.58 Å². The van der Waals surface area contributed by atoms with Crippen molar-refractivity contribution in [1.29, 1.82) is 0 Å². The van der Waals surface area contributed by atoms with Crippen LogP contribution in [0.5, 0.6) is 0 Å². The van der Waals surface area contributed by atoms with Crippen molar-refractivity contribution < 1.29 is 9.09 Å². The SMILES string of the molecule is C=C(C)P(=O)(CC)OC. The van der Waals surface area contributed by atoms with Crippen LogP contribution in [0.1, 0.15) is 13.8 Å². The van der Waals surface area contributed by atoms with E-state index in [9.17, 15) is 4.57 Å². The van der Waals surface area contributed by atoms with Gasteiger partial charge in [0.25, 0.3) is 0 Å². The molecule has 0 radical (unpaired) electrons. The third-order valence-corrected chi connectivity index (χ3v) is 3.88. The Morgan fingerprint density at radius 3 is 2.22 bits per heavy atom. The Morgan fingerprint density at radius 2 is 2.22 bits per heavy atom. The molecule has 0 heterocycles. The minimum atomic E-state index is -2.45. The van der Waals surface area contributed by atoms with E-state index in [1.165, 1.54) is 7.11 Å². The second-order valence-electron chi connectivity index (χ2n) is 1.91. The molecule has 0 fully saturated rings. The van der Waals surface area contributed by atoms with Gasteiger partial charge < -0.3 is 4.52 Å². The third kappa shape index (κ3) is 1.96. The first kappa shape index (κ1) is 8.93. The van der Waals surface area contributed by atoms with E-state index in [4.69, 9.17) is 4.52 Å². The van der Waals surface area contributed by atoms with Gasteiger partial charge in [0, 0.05) is 18.6 Å². The molecule has 0 saturated heterocycles. The molecule has 1 atom stereocenters. The van der Waals surface area contributed by atoms with Crippen LogP contribution in [0.3, 0.4) is 0 Å². The predicted molar refractivity (Wildman–Crippen MR) is 40.0 cm³/mol. The topological polar surface area (TPSA) is 26.3 Å². The molecule has 0 aromatic rings. The first-order valence-electron chi connectivity index (χ1n) is 2.87. The van der Waals surface area contributed by atoms with Crippen molar-refractivity contribution in [1.82, 2.24) is 0 Å². The molecule has 0 bridgehead atoms. The quantitative estimate of drug-likeness (QED) is 0.574. The third-order valence-electron chi connectivity index (χ3n) is 1.29. The summed E-state index contributed by atoms with van der Waals surface area (Å²) in [5.41, 5.74) is 0. The van der Waals surface area contributed by atoms with Gasteiger partial charge in [0.2, 0.25) is 7.37 Å². The van der Waals surface area contributed by atoms with E-state index >= 15 is 0 Å². The maximum absolute atomic E-state index is 11.3. The molecule has 2 nitrogen and oxygen atoms in total. The summed E-state index contributed by atoms with van der Waals surface area (Å²) in [6.07, 6.45) is 0.541. The highest BCUT2D eigenvalue weighted by atomic mass is 31.2. The van der Waals surface area contributed by atoms with Crippen LogP contribution in [0.15, 0.2) is 11.9 Å². The molecule has 0 spiro atoms. The number of hydrogen-bond donors (Lipinski definition) is 0. The van der Waals surface area contributed by atoms with E-state index in [1.807, 2.05) is 6.92 Å². The van der Waals surface area contributed by atoms with E-state index in [1.54, 1.807) is 6.92 Å². The van der Waals surface area contributed by atoms with Gasteiger partial charge in [-0.1, -0.05) is 13.5 Å². The highest BCUT2D eigenvalue weighted by molar-refractivity contribution is 7.63. The van der Waals surface area contributed by atoms with Crippen molar-refractivity contribution in [2.45, 2.75) is 13.8 Å². The van der Waals surface area contributed by atoms with E-state index < -0.39 is 7.37 Å². The minimum Gasteiger partial charge on any atom is -0.329 e. The predicted octanol–water partition coefficient (Wildman–Crippen LogP) is 2.46. The summed E-state index contributed by atoms with van der Waals surface area (Å²) in [5.74, 6) is 0. The standard InChI is InChI=1S/C6H13O2P/c1-5-9(7,8-4)6(2)3/h2,5H2,1,3-4H3. The molecule has 0 aliphatic rings. The summed E-state index contributed by atoms with van der Waals surface area (Å²) >= 11 is 0. The number of hydrogen-bond acceptors (Lipinski definition) is 2. The van der Waals surface area contributed by atoms with Crippen LogP contribution in [-0.2, 0) is 9.09 Å². The van der Waals surface area contributed by atoms with Crippen LogP contribution in [0.25, 0.3) is 0 Å². The van der Waals surface area contributed by atoms with E-state index in [-0.39, 0.29) is 0 Å². The van der Waals surface area contributed by atoms with Gasteiger partial charge in [-0.2, -0.15) is 0 Å². The van der Waals surface area contributed by atoms with Gasteiger partial charge in [-0.15, -0.1) is 0 Å². The molecule has 54 valence electrons. The second kappa shape index (κ2) is 3.19. The minimum absolute atomic E-state index is 0.541. The van der Waals surface area contributed by atoms with Crippen molar-refractivity contribution >= 4 is 7.37 Å². The Labute approximate surface area is 56.4 Å². The summed E-state index contributed by atoms with van der Waals surface area (Å²) in [7, 11) is -0.990. The summed E-state index contributed by atoms with van der Waals surface area (Å²) in [6, 6.07) is 0. The average Bonchev–Trinajstić information content (AvgIpc) is 1.86.